The summed E-state index contributed by atoms with van der Waals surface area (Å²) in [5.74, 6) is 4.95. The van der Waals surface area contributed by atoms with Crippen LogP contribution in [-0.4, -0.2) is 67.6 Å². The molecule has 0 spiro atoms. The van der Waals surface area contributed by atoms with E-state index in [0.29, 0.717) is 11.8 Å². The lowest BCUT2D eigenvalue weighted by atomic mass is 9.97. The van der Waals surface area contributed by atoms with Gasteiger partial charge in [0.25, 0.3) is 0 Å². The summed E-state index contributed by atoms with van der Waals surface area (Å²) >= 11 is 0. The molecule has 0 aliphatic carbocycles. The number of halogens is 1. The number of likely N-dealkylation sites (tertiary alicyclic amines) is 2. The first-order chi connectivity index (χ1) is 15.6. The number of methoxy groups -OCH3 is 1. The van der Waals surface area contributed by atoms with Crippen LogP contribution in [0.3, 0.4) is 0 Å². The number of oxazole rings is 1. The zero-order valence-electron chi connectivity index (χ0n) is 20.3. The lowest BCUT2D eigenvalue weighted by Gasteiger charge is -2.32. The first-order valence-electron chi connectivity index (χ1n) is 11.8. The Balaban J connectivity index is 0.00000306. The van der Waals surface area contributed by atoms with Crippen molar-refractivity contribution in [2.45, 2.75) is 45.6 Å². The van der Waals surface area contributed by atoms with Crippen molar-refractivity contribution in [3.8, 4) is 5.75 Å². The second-order valence-corrected chi connectivity index (χ2v) is 9.10. The van der Waals surface area contributed by atoms with E-state index in [1.165, 1.54) is 18.4 Å². The minimum absolute atomic E-state index is 0. The van der Waals surface area contributed by atoms with Gasteiger partial charge in [0.2, 0.25) is 5.89 Å². The van der Waals surface area contributed by atoms with Crippen LogP contribution in [0.1, 0.15) is 48.1 Å². The van der Waals surface area contributed by atoms with Gasteiger partial charge in [0, 0.05) is 32.6 Å². The second kappa shape index (κ2) is 12.1. The molecule has 4 rings (SSSR count). The summed E-state index contributed by atoms with van der Waals surface area (Å²) < 4.78 is 11.0. The van der Waals surface area contributed by atoms with Crippen molar-refractivity contribution in [2.75, 3.05) is 46.9 Å². The smallest absolute Gasteiger partial charge is 0.208 e. The number of piperidine rings is 1. The van der Waals surface area contributed by atoms with Crippen molar-refractivity contribution >= 4 is 29.9 Å². The molecule has 1 N–H and O–H groups in total. The Morgan fingerprint density at radius 2 is 1.88 bits per heavy atom. The maximum absolute atomic E-state index is 5.75. The Morgan fingerprint density at radius 1 is 1.15 bits per heavy atom. The highest BCUT2D eigenvalue weighted by atomic mass is 127. The van der Waals surface area contributed by atoms with Crippen LogP contribution in [0.25, 0.3) is 0 Å². The zero-order valence-corrected chi connectivity index (χ0v) is 22.7. The summed E-state index contributed by atoms with van der Waals surface area (Å²) in [6, 6.07) is 8.50. The molecule has 0 radical (unpaired) electrons. The third-order valence-corrected chi connectivity index (χ3v) is 6.97. The fourth-order valence-electron chi connectivity index (χ4n) is 4.82. The predicted octanol–water partition coefficient (Wildman–Crippen LogP) is 4.19. The standard InChI is InChI=1S/C25H37N5O2.HI/c1-18-19(2)32-24(28-18)17-29-12-9-20(10-13-29)15-27-25(26-3)30-14-11-22(16-30)21-5-7-23(31-4)8-6-21;/h5-8,20,22H,9-17H2,1-4H3,(H,26,27);1H. The van der Waals surface area contributed by atoms with Gasteiger partial charge in [0.05, 0.1) is 19.3 Å². The predicted molar refractivity (Wildman–Crippen MR) is 143 cm³/mol. The molecule has 0 saturated carbocycles. The van der Waals surface area contributed by atoms with Gasteiger partial charge in [-0.1, -0.05) is 12.1 Å². The highest BCUT2D eigenvalue weighted by Gasteiger charge is 2.27. The van der Waals surface area contributed by atoms with Crippen LogP contribution in [0, 0.1) is 19.8 Å². The van der Waals surface area contributed by atoms with Crippen LogP contribution in [0.5, 0.6) is 5.75 Å². The molecule has 2 aliphatic rings. The maximum atomic E-state index is 5.75. The molecular formula is C25H38IN5O2. The van der Waals surface area contributed by atoms with Gasteiger partial charge in [-0.05, 0) is 69.8 Å². The van der Waals surface area contributed by atoms with Crippen molar-refractivity contribution in [3.05, 3.63) is 47.2 Å². The van der Waals surface area contributed by atoms with Gasteiger partial charge >= 0.3 is 0 Å². The first-order valence-corrected chi connectivity index (χ1v) is 11.8. The van der Waals surface area contributed by atoms with Gasteiger partial charge in [-0.25, -0.2) is 4.98 Å². The number of hydrogen-bond acceptors (Lipinski definition) is 5. The molecule has 1 aromatic carbocycles. The van der Waals surface area contributed by atoms with E-state index in [-0.39, 0.29) is 24.0 Å². The van der Waals surface area contributed by atoms with Gasteiger partial charge in [0.1, 0.15) is 11.5 Å². The van der Waals surface area contributed by atoms with E-state index in [1.54, 1.807) is 7.11 Å². The average Bonchev–Trinajstić information content (AvgIpc) is 3.42. The normalized spacial score (nSPS) is 20.1. The molecule has 2 aliphatic heterocycles. The molecule has 7 nitrogen and oxygen atoms in total. The Labute approximate surface area is 215 Å². The monoisotopic (exact) mass is 567 g/mol. The van der Waals surface area contributed by atoms with Crippen molar-refractivity contribution in [2.24, 2.45) is 10.9 Å². The Kier molecular flexibility index (Phi) is 9.43. The summed E-state index contributed by atoms with van der Waals surface area (Å²) in [5.41, 5.74) is 2.38. The largest absolute Gasteiger partial charge is 0.497 e. The number of rotatable bonds is 6. The summed E-state index contributed by atoms with van der Waals surface area (Å²) in [4.78, 5) is 14.0. The summed E-state index contributed by atoms with van der Waals surface area (Å²) in [6.07, 6.45) is 3.54. The molecule has 33 heavy (non-hydrogen) atoms. The van der Waals surface area contributed by atoms with Crippen LogP contribution in [0.4, 0.5) is 0 Å². The minimum atomic E-state index is 0. The number of nitrogens with zero attached hydrogens (tertiary/aromatic N) is 4. The minimum Gasteiger partial charge on any atom is -0.497 e. The number of aryl methyl sites for hydroxylation is 2. The van der Waals surface area contributed by atoms with Gasteiger partial charge in [0.15, 0.2) is 5.96 Å². The maximum Gasteiger partial charge on any atom is 0.208 e. The number of nitrogens with one attached hydrogen (secondary N) is 1. The van der Waals surface area contributed by atoms with Crippen molar-refractivity contribution < 1.29 is 9.15 Å². The van der Waals surface area contributed by atoms with Crippen LogP contribution >= 0.6 is 24.0 Å². The summed E-state index contributed by atoms with van der Waals surface area (Å²) in [6.45, 7) is 10.0. The molecule has 0 bridgehead atoms. The SMILES string of the molecule is CN=C(NCC1CCN(Cc2nc(C)c(C)o2)CC1)N1CCC(c2ccc(OC)cc2)C1.I. The van der Waals surface area contributed by atoms with Crippen molar-refractivity contribution in [1.82, 2.24) is 20.1 Å². The van der Waals surface area contributed by atoms with E-state index in [4.69, 9.17) is 9.15 Å². The summed E-state index contributed by atoms with van der Waals surface area (Å²) in [5, 5.41) is 3.65. The van der Waals surface area contributed by atoms with Crippen LogP contribution in [-0.2, 0) is 6.54 Å². The van der Waals surface area contributed by atoms with E-state index in [1.807, 2.05) is 20.9 Å². The molecule has 2 aromatic rings. The number of hydrogen-bond donors (Lipinski definition) is 1. The fourth-order valence-corrected chi connectivity index (χ4v) is 4.82. The lowest BCUT2D eigenvalue weighted by molar-refractivity contribution is 0.163. The Bertz CT molecular complexity index is 887. The highest BCUT2D eigenvalue weighted by Crippen LogP contribution is 2.28. The third-order valence-electron chi connectivity index (χ3n) is 6.97. The number of ether oxygens (including phenoxy) is 1. The van der Waals surface area contributed by atoms with Crippen LogP contribution in [0.2, 0.25) is 0 Å². The van der Waals surface area contributed by atoms with Crippen molar-refractivity contribution in [1.29, 1.82) is 0 Å². The molecule has 8 heteroatoms. The number of guanidine groups is 1. The van der Waals surface area contributed by atoms with Gasteiger partial charge in [-0.3, -0.25) is 9.89 Å². The fraction of sp³-hybridized carbons (Fsp3) is 0.600. The van der Waals surface area contributed by atoms with Crippen LogP contribution in [0.15, 0.2) is 33.7 Å². The molecular weight excluding hydrogens is 529 g/mol. The molecule has 1 aromatic heterocycles. The highest BCUT2D eigenvalue weighted by molar-refractivity contribution is 14.0. The number of aliphatic imine (C=N–C) groups is 1. The molecule has 182 valence electrons. The second-order valence-electron chi connectivity index (χ2n) is 9.10. The topological polar surface area (TPSA) is 66.1 Å². The van der Waals surface area contributed by atoms with E-state index in [0.717, 1.165) is 74.7 Å². The van der Waals surface area contributed by atoms with E-state index >= 15 is 0 Å². The zero-order chi connectivity index (χ0) is 22.5. The van der Waals surface area contributed by atoms with E-state index < -0.39 is 0 Å². The summed E-state index contributed by atoms with van der Waals surface area (Å²) in [7, 11) is 3.61. The third kappa shape index (κ3) is 6.62. The molecule has 3 heterocycles. The first kappa shape index (κ1) is 25.8. The average molecular weight is 568 g/mol. The van der Waals surface area contributed by atoms with Gasteiger partial charge in [-0.15, -0.1) is 24.0 Å². The molecule has 1 unspecified atom stereocenters. The number of benzene rings is 1. The Hall–Kier alpha value is -1.81. The van der Waals surface area contributed by atoms with Gasteiger partial charge < -0.3 is 19.4 Å². The van der Waals surface area contributed by atoms with Crippen molar-refractivity contribution in [3.63, 3.8) is 0 Å². The molecule has 2 saturated heterocycles. The lowest BCUT2D eigenvalue weighted by Crippen LogP contribution is -2.44. The van der Waals surface area contributed by atoms with E-state index in [9.17, 15) is 0 Å². The molecule has 2 fully saturated rings. The quantitative estimate of drug-likeness (QED) is 0.321. The molecule has 0 amide bonds. The molecule has 1 atom stereocenters. The Morgan fingerprint density at radius 3 is 2.48 bits per heavy atom. The number of aromatic nitrogens is 1. The van der Waals surface area contributed by atoms with E-state index in [2.05, 4.69) is 49.4 Å². The van der Waals surface area contributed by atoms with Gasteiger partial charge in [-0.2, -0.15) is 0 Å². The van der Waals surface area contributed by atoms with Crippen LogP contribution < -0.4 is 10.1 Å².